The lowest BCUT2D eigenvalue weighted by Gasteiger charge is -2.24. The van der Waals surface area contributed by atoms with E-state index in [9.17, 15) is 20.1 Å². The molecule has 1 amide bonds. The molecule has 0 aliphatic carbocycles. The lowest BCUT2D eigenvalue weighted by atomic mass is 10.2. The molecular formula is C18H23N3O6. The highest BCUT2D eigenvalue weighted by Gasteiger charge is 2.33. The topological polar surface area (TPSA) is 108 Å². The fraction of sp³-hybridized carbons (Fsp3) is 0.389. The number of aromatic hydroxyl groups is 2. The number of aromatic nitrogens is 1. The fourth-order valence-electron chi connectivity index (χ4n) is 2.90. The van der Waals surface area contributed by atoms with Crippen LogP contribution in [0.2, 0.25) is 0 Å². The summed E-state index contributed by atoms with van der Waals surface area (Å²) in [5.41, 5.74) is 0.236. The maximum atomic E-state index is 12.7. The van der Waals surface area contributed by atoms with Gasteiger partial charge in [-0.05, 0) is 26.2 Å². The molecule has 9 nitrogen and oxygen atoms in total. The number of carbonyl (C=O) groups excluding carboxylic acids is 1. The number of carbonyl (C=O) groups is 1. The number of aliphatic hydroxyl groups excluding tert-OH is 1. The zero-order valence-corrected chi connectivity index (χ0v) is 15.6. The van der Waals surface area contributed by atoms with Crippen molar-refractivity contribution in [2.45, 2.75) is 6.23 Å². The molecule has 2 aromatic rings. The van der Waals surface area contributed by atoms with Gasteiger partial charge in [0.25, 0.3) is 5.91 Å². The monoisotopic (exact) mass is 377 g/mol. The molecule has 27 heavy (non-hydrogen) atoms. The summed E-state index contributed by atoms with van der Waals surface area (Å²) >= 11 is 0. The van der Waals surface area contributed by atoms with Crippen LogP contribution < -0.4 is 9.47 Å². The molecule has 3 N–H and O–H groups in total. The van der Waals surface area contributed by atoms with Gasteiger partial charge in [-0.2, -0.15) is 0 Å². The lowest BCUT2D eigenvalue weighted by Crippen LogP contribution is -2.27. The first kappa shape index (κ1) is 18.9. The van der Waals surface area contributed by atoms with Gasteiger partial charge in [-0.1, -0.05) is 0 Å². The van der Waals surface area contributed by atoms with Crippen LogP contribution in [0.25, 0.3) is 5.69 Å². The first-order chi connectivity index (χ1) is 12.7. The van der Waals surface area contributed by atoms with Gasteiger partial charge in [-0.3, -0.25) is 14.3 Å². The quantitative estimate of drug-likeness (QED) is 0.680. The zero-order chi connectivity index (χ0) is 19.9. The Kier molecular flexibility index (Phi) is 4.90. The summed E-state index contributed by atoms with van der Waals surface area (Å²) in [6, 6.07) is 4.96. The Morgan fingerprint density at radius 1 is 1.07 bits per heavy atom. The summed E-state index contributed by atoms with van der Waals surface area (Å²) in [7, 11) is 6.27. The van der Waals surface area contributed by atoms with Crippen molar-refractivity contribution in [2.24, 2.45) is 0 Å². The molecule has 146 valence electrons. The van der Waals surface area contributed by atoms with Crippen LogP contribution in [0.15, 0.2) is 18.2 Å². The predicted molar refractivity (Wildman–Crippen MR) is 96.8 cm³/mol. The molecule has 1 aliphatic rings. The number of amides is 1. The molecule has 0 saturated heterocycles. The van der Waals surface area contributed by atoms with E-state index < -0.39 is 23.6 Å². The first-order valence-electron chi connectivity index (χ1n) is 8.36. The van der Waals surface area contributed by atoms with Crippen molar-refractivity contribution >= 4 is 5.91 Å². The molecule has 1 unspecified atom stereocenters. The summed E-state index contributed by atoms with van der Waals surface area (Å²) in [5.74, 6) is -0.661. The minimum Gasteiger partial charge on any atom is -0.503 e. The van der Waals surface area contributed by atoms with Crippen molar-refractivity contribution < 1.29 is 29.6 Å². The van der Waals surface area contributed by atoms with Gasteiger partial charge >= 0.3 is 0 Å². The summed E-state index contributed by atoms with van der Waals surface area (Å²) in [6.45, 7) is 0.821. The molecular weight excluding hydrogens is 354 g/mol. The van der Waals surface area contributed by atoms with Crippen LogP contribution in [0.1, 0.15) is 22.4 Å². The molecule has 0 radical (unpaired) electrons. The van der Waals surface area contributed by atoms with Crippen LogP contribution in [0.5, 0.6) is 23.0 Å². The van der Waals surface area contributed by atoms with E-state index >= 15 is 0 Å². The predicted octanol–water partition coefficient (Wildman–Crippen LogP) is 0.914. The molecule has 0 fully saturated rings. The summed E-state index contributed by atoms with van der Waals surface area (Å²) in [6.07, 6.45) is -1.27. The third kappa shape index (κ3) is 3.15. The van der Waals surface area contributed by atoms with Crippen molar-refractivity contribution in [3.63, 3.8) is 0 Å². The van der Waals surface area contributed by atoms with Gasteiger partial charge in [0.05, 0.1) is 5.69 Å². The van der Waals surface area contributed by atoms with E-state index in [-0.39, 0.29) is 11.4 Å². The number of hydrogen-bond acceptors (Lipinski definition) is 7. The maximum absolute atomic E-state index is 12.7. The number of benzene rings is 1. The number of fused-ring (bicyclic) bond motifs is 1. The van der Waals surface area contributed by atoms with Crippen molar-refractivity contribution in [1.29, 1.82) is 0 Å². The Bertz CT molecular complexity index is 874. The van der Waals surface area contributed by atoms with Crippen LogP contribution in [0.4, 0.5) is 0 Å². The molecule has 0 bridgehead atoms. The average Bonchev–Trinajstić information content (AvgIpc) is 2.91. The molecule has 2 heterocycles. The highest BCUT2D eigenvalue weighted by molar-refractivity contribution is 5.97. The van der Waals surface area contributed by atoms with E-state index in [4.69, 9.17) is 9.47 Å². The Morgan fingerprint density at radius 2 is 1.70 bits per heavy atom. The van der Waals surface area contributed by atoms with Gasteiger partial charge in [0.2, 0.25) is 0 Å². The molecule has 0 saturated carbocycles. The zero-order valence-electron chi connectivity index (χ0n) is 15.6. The second kappa shape index (κ2) is 7.01. The summed E-state index contributed by atoms with van der Waals surface area (Å²) < 4.78 is 12.4. The third-order valence-electron chi connectivity index (χ3n) is 4.28. The van der Waals surface area contributed by atoms with Gasteiger partial charge in [0.1, 0.15) is 18.9 Å². The summed E-state index contributed by atoms with van der Waals surface area (Å²) in [5, 5.41) is 31.5. The number of ether oxygens (including phenoxy) is 2. The van der Waals surface area contributed by atoms with Crippen molar-refractivity contribution in [3.8, 4) is 28.7 Å². The molecule has 1 aromatic heterocycles. The van der Waals surface area contributed by atoms with Crippen LogP contribution in [-0.2, 0) is 0 Å². The standard InChI is InChI=1S/C18H23N3O6/c1-19(2)17(24)13-15(22)16(23)14(18(25)20(3)4)21(13)10-5-6-11-12(9-10)27-8-7-26-11/h5-6,9,17,22-24H,7-8H2,1-4H3. The van der Waals surface area contributed by atoms with E-state index in [1.165, 1.54) is 28.5 Å². The minimum atomic E-state index is -1.27. The third-order valence-corrected chi connectivity index (χ3v) is 4.28. The SMILES string of the molecule is CN(C)C(=O)c1c(O)c(O)c(C(O)N(C)C)n1-c1ccc2c(c1)OCCO2. The molecule has 9 heteroatoms. The Labute approximate surface area is 156 Å². The van der Waals surface area contributed by atoms with Crippen molar-refractivity contribution in [3.05, 3.63) is 29.6 Å². The van der Waals surface area contributed by atoms with Gasteiger partial charge in [0, 0.05) is 20.2 Å². The highest BCUT2D eigenvalue weighted by Crippen LogP contribution is 2.43. The number of nitrogens with zero attached hydrogens (tertiary/aromatic N) is 3. The number of rotatable bonds is 4. The van der Waals surface area contributed by atoms with Crippen LogP contribution in [0, 0.1) is 0 Å². The van der Waals surface area contributed by atoms with E-state index in [1.54, 1.807) is 32.3 Å². The number of hydrogen-bond donors (Lipinski definition) is 3. The van der Waals surface area contributed by atoms with Crippen LogP contribution in [0.3, 0.4) is 0 Å². The van der Waals surface area contributed by atoms with Crippen LogP contribution >= 0.6 is 0 Å². The lowest BCUT2D eigenvalue weighted by molar-refractivity contribution is 0.0321. The fourth-order valence-corrected chi connectivity index (χ4v) is 2.90. The van der Waals surface area contributed by atoms with Gasteiger partial charge in [-0.15, -0.1) is 0 Å². The van der Waals surface area contributed by atoms with E-state index in [2.05, 4.69) is 0 Å². The minimum absolute atomic E-state index is 0.0284. The van der Waals surface area contributed by atoms with E-state index in [0.29, 0.717) is 30.4 Å². The Hall–Kier alpha value is -2.91. The largest absolute Gasteiger partial charge is 0.503 e. The first-order valence-corrected chi connectivity index (χ1v) is 8.36. The molecule has 1 aliphatic heterocycles. The maximum Gasteiger partial charge on any atom is 0.274 e. The van der Waals surface area contributed by atoms with E-state index in [0.717, 1.165) is 0 Å². The van der Waals surface area contributed by atoms with Crippen molar-refractivity contribution in [1.82, 2.24) is 14.4 Å². The van der Waals surface area contributed by atoms with Gasteiger partial charge in [-0.25, -0.2) is 0 Å². The number of aliphatic hydroxyl groups is 1. The van der Waals surface area contributed by atoms with Crippen LogP contribution in [-0.4, -0.2) is 77.0 Å². The normalized spacial score (nSPS) is 14.3. The highest BCUT2D eigenvalue weighted by atomic mass is 16.6. The molecule has 3 rings (SSSR count). The Morgan fingerprint density at radius 3 is 2.30 bits per heavy atom. The summed E-state index contributed by atoms with van der Waals surface area (Å²) in [4.78, 5) is 15.4. The second-order valence-corrected chi connectivity index (χ2v) is 6.63. The Balaban J connectivity index is 2.28. The molecule has 1 aromatic carbocycles. The smallest absolute Gasteiger partial charge is 0.274 e. The van der Waals surface area contributed by atoms with Gasteiger partial charge in [0.15, 0.2) is 34.9 Å². The van der Waals surface area contributed by atoms with Gasteiger partial charge < -0.3 is 29.7 Å². The molecule has 1 atom stereocenters. The van der Waals surface area contributed by atoms with E-state index in [1.807, 2.05) is 0 Å². The molecule has 0 spiro atoms. The van der Waals surface area contributed by atoms with Crippen molar-refractivity contribution in [2.75, 3.05) is 41.4 Å². The average molecular weight is 377 g/mol. The second-order valence-electron chi connectivity index (χ2n) is 6.63.